The minimum absolute atomic E-state index is 0.124. The number of hydrogen-bond donors (Lipinski definition) is 2. The lowest BCUT2D eigenvalue weighted by Crippen LogP contribution is -2.16. The van der Waals surface area contributed by atoms with Crippen molar-refractivity contribution in [2.24, 2.45) is 5.73 Å². The molecule has 2 aromatic rings. The van der Waals surface area contributed by atoms with Gasteiger partial charge in [-0.3, -0.25) is 4.79 Å². The number of benzene rings is 2. The number of alkyl halides is 3. The molecule has 0 bridgehead atoms. The Hall–Kier alpha value is -2.57. The molecule has 2 rings (SSSR count). The van der Waals surface area contributed by atoms with Crippen molar-refractivity contribution in [3.05, 3.63) is 53.3 Å². The van der Waals surface area contributed by atoms with E-state index in [0.717, 1.165) is 24.3 Å². The first-order chi connectivity index (χ1) is 9.71. The number of aromatic hydroxyl groups is 1. The molecule has 0 saturated heterocycles. The molecule has 0 heterocycles. The van der Waals surface area contributed by atoms with Gasteiger partial charge in [0.15, 0.2) is 0 Å². The Morgan fingerprint density at radius 3 is 2.10 bits per heavy atom. The number of hydrogen-bond acceptors (Lipinski definition) is 2. The topological polar surface area (TPSA) is 63.3 Å². The van der Waals surface area contributed by atoms with Crippen LogP contribution in [0.4, 0.5) is 17.6 Å². The fraction of sp³-hybridized carbons (Fsp3) is 0.0714. The fourth-order valence-corrected chi connectivity index (χ4v) is 1.91. The van der Waals surface area contributed by atoms with Crippen LogP contribution in [0.2, 0.25) is 0 Å². The highest BCUT2D eigenvalue weighted by molar-refractivity contribution is 5.95. The molecule has 0 saturated carbocycles. The van der Waals surface area contributed by atoms with E-state index in [2.05, 4.69) is 0 Å². The van der Waals surface area contributed by atoms with Crippen LogP contribution in [-0.4, -0.2) is 11.0 Å². The number of rotatable bonds is 2. The first-order valence-electron chi connectivity index (χ1n) is 5.70. The molecule has 3 N–H and O–H groups in total. The summed E-state index contributed by atoms with van der Waals surface area (Å²) >= 11 is 0. The molecule has 0 aliphatic heterocycles. The number of carbonyl (C=O) groups is 1. The molecule has 7 heteroatoms. The normalized spacial score (nSPS) is 11.4. The second-order valence-corrected chi connectivity index (χ2v) is 4.26. The van der Waals surface area contributed by atoms with Crippen molar-refractivity contribution in [1.82, 2.24) is 0 Å². The van der Waals surface area contributed by atoms with Crippen molar-refractivity contribution in [3.8, 4) is 16.9 Å². The van der Waals surface area contributed by atoms with Crippen LogP contribution in [0, 0.1) is 5.82 Å². The molecule has 0 aromatic heterocycles. The fourth-order valence-electron chi connectivity index (χ4n) is 1.91. The van der Waals surface area contributed by atoms with Gasteiger partial charge in [0.25, 0.3) is 5.91 Å². The molecule has 2 aromatic carbocycles. The Morgan fingerprint density at radius 2 is 1.62 bits per heavy atom. The van der Waals surface area contributed by atoms with Gasteiger partial charge >= 0.3 is 6.18 Å². The Balaban J connectivity index is 2.78. The molecule has 0 aliphatic rings. The van der Waals surface area contributed by atoms with E-state index in [-0.39, 0.29) is 11.3 Å². The van der Waals surface area contributed by atoms with Gasteiger partial charge in [-0.1, -0.05) is 12.1 Å². The molecule has 1 amide bonds. The molecule has 0 radical (unpaired) electrons. The number of primary amides is 1. The van der Waals surface area contributed by atoms with E-state index in [4.69, 9.17) is 10.8 Å². The molecular formula is C14H9F4NO2. The Morgan fingerprint density at radius 1 is 1.05 bits per heavy atom. The summed E-state index contributed by atoms with van der Waals surface area (Å²) in [6.07, 6.45) is -4.80. The summed E-state index contributed by atoms with van der Waals surface area (Å²) in [5, 5.41) is 9.15. The summed E-state index contributed by atoms with van der Waals surface area (Å²) in [6.45, 7) is 0. The van der Waals surface area contributed by atoms with Crippen molar-refractivity contribution in [2.45, 2.75) is 6.18 Å². The number of halogens is 4. The average Bonchev–Trinajstić information content (AvgIpc) is 2.38. The minimum Gasteiger partial charge on any atom is -0.508 e. The summed E-state index contributed by atoms with van der Waals surface area (Å²) in [4.78, 5) is 11.1. The standard InChI is InChI=1S/C14H9F4NO2/c15-12-9(13(19)21)5-6-10(14(16,17)18)11(12)7-1-3-8(20)4-2-7/h1-6,20H,(H2,19,21). The van der Waals surface area contributed by atoms with Crippen LogP contribution in [-0.2, 0) is 6.18 Å². The monoisotopic (exact) mass is 299 g/mol. The van der Waals surface area contributed by atoms with Crippen LogP contribution in [0.1, 0.15) is 15.9 Å². The highest BCUT2D eigenvalue weighted by atomic mass is 19.4. The summed E-state index contributed by atoms with van der Waals surface area (Å²) in [5.74, 6) is -2.69. The maximum Gasteiger partial charge on any atom is 0.417 e. The average molecular weight is 299 g/mol. The predicted molar refractivity (Wildman–Crippen MR) is 67.0 cm³/mol. The van der Waals surface area contributed by atoms with E-state index in [9.17, 15) is 22.4 Å². The first kappa shape index (κ1) is 14.8. The zero-order valence-corrected chi connectivity index (χ0v) is 10.4. The summed E-state index contributed by atoms with van der Waals surface area (Å²) in [6, 6.07) is 5.77. The molecular weight excluding hydrogens is 290 g/mol. The summed E-state index contributed by atoms with van der Waals surface area (Å²) in [7, 11) is 0. The molecule has 0 fully saturated rings. The largest absolute Gasteiger partial charge is 0.508 e. The van der Waals surface area contributed by atoms with Crippen LogP contribution >= 0.6 is 0 Å². The molecule has 0 spiro atoms. The Labute approximate surface area is 116 Å². The van der Waals surface area contributed by atoms with Crippen molar-refractivity contribution in [1.29, 1.82) is 0 Å². The lowest BCUT2D eigenvalue weighted by Gasteiger charge is -2.15. The van der Waals surface area contributed by atoms with Gasteiger partial charge < -0.3 is 10.8 Å². The van der Waals surface area contributed by atoms with Gasteiger partial charge in [0.05, 0.1) is 11.1 Å². The van der Waals surface area contributed by atoms with Crippen LogP contribution < -0.4 is 5.73 Å². The second kappa shape index (κ2) is 5.08. The molecule has 0 aliphatic carbocycles. The first-order valence-corrected chi connectivity index (χ1v) is 5.70. The van der Waals surface area contributed by atoms with E-state index in [1.807, 2.05) is 0 Å². The van der Waals surface area contributed by atoms with Gasteiger partial charge in [-0.15, -0.1) is 0 Å². The quantitative estimate of drug-likeness (QED) is 0.836. The zero-order valence-electron chi connectivity index (χ0n) is 10.4. The van der Waals surface area contributed by atoms with E-state index < -0.39 is 34.6 Å². The van der Waals surface area contributed by atoms with Gasteiger partial charge in [0, 0.05) is 5.56 Å². The number of carbonyl (C=O) groups excluding carboxylic acids is 1. The van der Waals surface area contributed by atoms with Gasteiger partial charge in [-0.2, -0.15) is 13.2 Å². The van der Waals surface area contributed by atoms with E-state index in [1.54, 1.807) is 0 Å². The Kier molecular flexibility index (Phi) is 3.59. The van der Waals surface area contributed by atoms with E-state index in [0.29, 0.717) is 12.1 Å². The van der Waals surface area contributed by atoms with Crippen LogP contribution in [0.3, 0.4) is 0 Å². The van der Waals surface area contributed by atoms with Gasteiger partial charge in [-0.05, 0) is 29.8 Å². The molecule has 0 atom stereocenters. The van der Waals surface area contributed by atoms with E-state index in [1.165, 1.54) is 0 Å². The van der Waals surface area contributed by atoms with Gasteiger partial charge in [0.1, 0.15) is 11.6 Å². The van der Waals surface area contributed by atoms with Crippen LogP contribution in [0.5, 0.6) is 5.75 Å². The number of phenols is 1. The van der Waals surface area contributed by atoms with Crippen molar-refractivity contribution < 1.29 is 27.5 Å². The maximum absolute atomic E-state index is 14.2. The smallest absolute Gasteiger partial charge is 0.417 e. The highest BCUT2D eigenvalue weighted by Crippen LogP contribution is 2.39. The minimum atomic E-state index is -4.80. The molecule has 110 valence electrons. The molecule has 0 unspecified atom stereocenters. The van der Waals surface area contributed by atoms with Crippen molar-refractivity contribution in [2.75, 3.05) is 0 Å². The Bertz CT molecular complexity index is 693. The number of nitrogens with two attached hydrogens (primary N) is 1. The third-order valence-electron chi connectivity index (χ3n) is 2.87. The summed E-state index contributed by atoms with van der Waals surface area (Å²) in [5.41, 5.74) is 2.18. The molecule has 21 heavy (non-hydrogen) atoms. The zero-order chi connectivity index (χ0) is 15.8. The highest BCUT2D eigenvalue weighted by Gasteiger charge is 2.36. The van der Waals surface area contributed by atoms with Gasteiger partial charge in [-0.25, -0.2) is 4.39 Å². The third-order valence-corrected chi connectivity index (χ3v) is 2.87. The van der Waals surface area contributed by atoms with Gasteiger partial charge in [0.2, 0.25) is 0 Å². The third kappa shape index (κ3) is 2.81. The molecule has 3 nitrogen and oxygen atoms in total. The lowest BCUT2D eigenvalue weighted by molar-refractivity contribution is -0.137. The lowest BCUT2D eigenvalue weighted by atomic mass is 9.95. The predicted octanol–water partition coefficient (Wildman–Crippen LogP) is 3.32. The second-order valence-electron chi connectivity index (χ2n) is 4.26. The van der Waals surface area contributed by atoms with Crippen LogP contribution in [0.25, 0.3) is 11.1 Å². The maximum atomic E-state index is 14.2. The van der Waals surface area contributed by atoms with Crippen LogP contribution in [0.15, 0.2) is 36.4 Å². The van der Waals surface area contributed by atoms with Crippen molar-refractivity contribution in [3.63, 3.8) is 0 Å². The summed E-state index contributed by atoms with van der Waals surface area (Å²) < 4.78 is 53.2. The number of amides is 1. The SMILES string of the molecule is NC(=O)c1ccc(C(F)(F)F)c(-c2ccc(O)cc2)c1F. The number of phenolic OH excluding ortho intramolecular Hbond substituents is 1. The van der Waals surface area contributed by atoms with E-state index >= 15 is 0 Å². The van der Waals surface area contributed by atoms with Crippen molar-refractivity contribution >= 4 is 5.91 Å².